The zero-order chi connectivity index (χ0) is 26.4. The molecule has 0 aliphatic carbocycles. The van der Waals surface area contributed by atoms with Crippen LogP contribution < -0.4 is 14.8 Å². The van der Waals surface area contributed by atoms with Gasteiger partial charge in [-0.05, 0) is 61.4 Å². The van der Waals surface area contributed by atoms with Crippen LogP contribution in [0.15, 0.2) is 48.5 Å². The van der Waals surface area contributed by atoms with Crippen LogP contribution in [0.1, 0.15) is 58.4 Å². The molecule has 2 amide bonds. The van der Waals surface area contributed by atoms with Gasteiger partial charge in [0.15, 0.2) is 0 Å². The van der Waals surface area contributed by atoms with Crippen molar-refractivity contribution in [1.82, 2.24) is 15.1 Å². The highest BCUT2D eigenvalue weighted by Gasteiger charge is 2.53. The van der Waals surface area contributed by atoms with Crippen LogP contribution in [-0.2, 0) is 16.1 Å². The number of ether oxygens (including phenoxy) is 2. The number of unbranched alkanes of at least 4 members (excludes halogenated alkanes) is 1. The number of hydrogen-bond donors (Lipinski definition) is 1. The number of benzene rings is 2. The van der Waals surface area contributed by atoms with Crippen LogP contribution in [0.2, 0.25) is 0 Å². The fraction of sp³-hybridized carbons (Fsp3) is 0.533. The first-order valence-electron chi connectivity index (χ1n) is 13.6. The number of likely N-dealkylation sites (tertiary alicyclic amines) is 1. The summed E-state index contributed by atoms with van der Waals surface area (Å²) in [4.78, 5) is 31.2. The van der Waals surface area contributed by atoms with Gasteiger partial charge in [0.2, 0.25) is 11.8 Å². The maximum atomic E-state index is 13.4. The maximum absolute atomic E-state index is 13.4. The lowest BCUT2D eigenvalue weighted by Gasteiger charge is -2.52. The SMILES string of the molecule is CCCCN1C(=O)[C@H](CC(C)C)NC(=O)C12CCN(Cc1ccc(Oc3cccc(OC)c3)cc1)CC2. The Morgan fingerprint density at radius 2 is 1.73 bits per heavy atom. The van der Waals surface area contributed by atoms with Crippen LogP contribution in [0.25, 0.3) is 0 Å². The van der Waals surface area contributed by atoms with Crippen molar-refractivity contribution < 1.29 is 19.1 Å². The highest BCUT2D eigenvalue weighted by molar-refractivity contribution is 6.00. The Morgan fingerprint density at radius 3 is 2.38 bits per heavy atom. The number of hydrogen-bond acceptors (Lipinski definition) is 5. The minimum atomic E-state index is -0.718. The molecule has 2 aromatic rings. The van der Waals surface area contributed by atoms with E-state index in [9.17, 15) is 9.59 Å². The minimum Gasteiger partial charge on any atom is -0.497 e. The van der Waals surface area contributed by atoms with Gasteiger partial charge in [0.1, 0.15) is 28.8 Å². The van der Waals surface area contributed by atoms with Crippen molar-refractivity contribution in [1.29, 1.82) is 0 Å². The van der Waals surface area contributed by atoms with Crippen LogP contribution in [0.5, 0.6) is 17.2 Å². The Kier molecular flexibility index (Phi) is 8.75. The summed E-state index contributed by atoms with van der Waals surface area (Å²) >= 11 is 0. The quantitative estimate of drug-likeness (QED) is 0.490. The standard InChI is InChI=1S/C30H41N3O4/c1-5-6-16-33-28(34)27(19-22(2)3)31-29(35)30(33)14-17-32(18-15-30)21-23-10-12-24(13-11-23)37-26-9-7-8-25(20-26)36-4/h7-13,20,22,27H,5-6,14-19,21H2,1-4H3,(H,31,35)/t27-/m0/s1. The van der Waals surface area contributed by atoms with Gasteiger partial charge in [-0.2, -0.15) is 0 Å². The van der Waals surface area contributed by atoms with Gasteiger partial charge in [0, 0.05) is 32.2 Å². The molecule has 2 saturated heterocycles. The summed E-state index contributed by atoms with van der Waals surface area (Å²) in [6.45, 7) is 9.33. The second kappa shape index (κ2) is 12.0. The summed E-state index contributed by atoms with van der Waals surface area (Å²) in [5.41, 5.74) is 0.475. The Bertz CT molecular complexity index is 1060. The predicted molar refractivity (Wildman–Crippen MR) is 145 cm³/mol. The van der Waals surface area contributed by atoms with Gasteiger partial charge < -0.3 is 19.7 Å². The normalized spacial score (nSPS) is 19.8. The van der Waals surface area contributed by atoms with Crippen molar-refractivity contribution in [2.45, 2.75) is 71.0 Å². The van der Waals surface area contributed by atoms with E-state index in [0.29, 0.717) is 31.7 Å². The van der Waals surface area contributed by atoms with Crippen LogP contribution in [0.4, 0.5) is 0 Å². The van der Waals surface area contributed by atoms with Crippen LogP contribution in [0.3, 0.4) is 0 Å². The molecule has 1 spiro atoms. The van der Waals surface area contributed by atoms with Gasteiger partial charge in [-0.15, -0.1) is 0 Å². The highest BCUT2D eigenvalue weighted by atomic mass is 16.5. The molecule has 1 N–H and O–H groups in total. The number of rotatable bonds is 10. The Labute approximate surface area is 221 Å². The molecular weight excluding hydrogens is 466 g/mol. The van der Waals surface area contributed by atoms with Gasteiger partial charge in [0.05, 0.1) is 7.11 Å². The minimum absolute atomic E-state index is 0.0348. The highest BCUT2D eigenvalue weighted by Crippen LogP contribution is 2.35. The number of piperazine rings is 1. The lowest BCUT2D eigenvalue weighted by Crippen LogP contribution is -2.73. The first-order chi connectivity index (χ1) is 17.8. The van der Waals surface area contributed by atoms with E-state index >= 15 is 0 Å². The van der Waals surface area contributed by atoms with Gasteiger partial charge in [0.25, 0.3) is 0 Å². The van der Waals surface area contributed by atoms with E-state index in [0.717, 1.165) is 49.7 Å². The fourth-order valence-electron chi connectivity index (χ4n) is 5.45. The van der Waals surface area contributed by atoms with Crippen molar-refractivity contribution in [2.24, 2.45) is 5.92 Å². The van der Waals surface area contributed by atoms with E-state index in [2.05, 4.69) is 43.1 Å². The molecule has 7 heteroatoms. The number of nitrogens with zero attached hydrogens (tertiary/aromatic N) is 2. The third-order valence-electron chi connectivity index (χ3n) is 7.54. The third-order valence-corrected chi connectivity index (χ3v) is 7.54. The summed E-state index contributed by atoms with van der Waals surface area (Å²) in [6, 6.07) is 15.3. The molecule has 7 nitrogen and oxygen atoms in total. The van der Waals surface area contributed by atoms with Crippen LogP contribution in [-0.4, -0.2) is 59.9 Å². The molecule has 4 rings (SSSR count). The molecule has 1 atom stereocenters. The topological polar surface area (TPSA) is 71.1 Å². The predicted octanol–water partition coefficient (Wildman–Crippen LogP) is 5.00. The smallest absolute Gasteiger partial charge is 0.246 e. The average molecular weight is 508 g/mol. The lowest BCUT2D eigenvalue weighted by atomic mass is 9.80. The largest absolute Gasteiger partial charge is 0.497 e. The van der Waals surface area contributed by atoms with Crippen LogP contribution in [0, 0.1) is 5.92 Å². The van der Waals surface area contributed by atoms with Crippen molar-refractivity contribution in [3.63, 3.8) is 0 Å². The molecule has 2 aliphatic rings. The first-order valence-corrected chi connectivity index (χ1v) is 13.6. The summed E-state index contributed by atoms with van der Waals surface area (Å²) < 4.78 is 11.2. The molecule has 0 bridgehead atoms. The molecule has 2 heterocycles. The molecule has 0 radical (unpaired) electrons. The molecule has 2 aromatic carbocycles. The Hall–Kier alpha value is -3.06. The second-order valence-electron chi connectivity index (χ2n) is 10.7. The van der Waals surface area contributed by atoms with E-state index in [1.54, 1.807) is 7.11 Å². The maximum Gasteiger partial charge on any atom is 0.246 e. The van der Waals surface area contributed by atoms with E-state index in [1.165, 1.54) is 5.56 Å². The fourth-order valence-corrected chi connectivity index (χ4v) is 5.45. The van der Waals surface area contributed by atoms with Gasteiger partial charge in [-0.1, -0.05) is 45.4 Å². The summed E-state index contributed by atoms with van der Waals surface area (Å²) in [5, 5.41) is 3.09. The van der Waals surface area contributed by atoms with E-state index in [1.807, 2.05) is 41.3 Å². The van der Waals surface area contributed by atoms with Gasteiger partial charge in [-0.3, -0.25) is 14.5 Å². The zero-order valence-corrected chi connectivity index (χ0v) is 22.7. The molecule has 37 heavy (non-hydrogen) atoms. The molecular formula is C30H41N3O4. The Morgan fingerprint density at radius 1 is 1.03 bits per heavy atom. The zero-order valence-electron chi connectivity index (χ0n) is 22.7. The van der Waals surface area contributed by atoms with E-state index in [4.69, 9.17) is 9.47 Å². The molecule has 0 aromatic heterocycles. The summed E-state index contributed by atoms with van der Waals surface area (Å²) in [6.07, 6.45) is 3.94. The Balaban J connectivity index is 1.38. The molecule has 0 unspecified atom stereocenters. The van der Waals surface area contributed by atoms with E-state index < -0.39 is 11.6 Å². The van der Waals surface area contributed by atoms with Crippen molar-refractivity contribution in [2.75, 3.05) is 26.7 Å². The second-order valence-corrected chi connectivity index (χ2v) is 10.7. The molecule has 2 fully saturated rings. The van der Waals surface area contributed by atoms with E-state index in [-0.39, 0.29) is 11.8 Å². The summed E-state index contributed by atoms with van der Waals surface area (Å²) in [7, 11) is 1.64. The van der Waals surface area contributed by atoms with Crippen molar-refractivity contribution in [3.05, 3.63) is 54.1 Å². The van der Waals surface area contributed by atoms with Crippen LogP contribution >= 0.6 is 0 Å². The lowest BCUT2D eigenvalue weighted by molar-refractivity contribution is -0.161. The van der Waals surface area contributed by atoms with Crippen molar-refractivity contribution >= 4 is 11.8 Å². The number of amides is 2. The summed E-state index contributed by atoms with van der Waals surface area (Å²) in [5.74, 6) is 2.75. The number of carbonyl (C=O) groups excluding carboxylic acids is 2. The molecule has 0 saturated carbocycles. The first kappa shape index (κ1) is 27.0. The van der Waals surface area contributed by atoms with Gasteiger partial charge >= 0.3 is 0 Å². The monoisotopic (exact) mass is 507 g/mol. The number of methoxy groups -OCH3 is 1. The third kappa shape index (κ3) is 6.27. The average Bonchev–Trinajstić information content (AvgIpc) is 2.89. The number of carbonyl (C=O) groups is 2. The molecule has 2 aliphatic heterocycles. The molecule has 200 valence electrons. The van der Waals surface area contributed by atoms with Gasteiger partial charge in [-0.25, -0.2) is 0 Å². The number of piperidine rings is 1. The number of nitrogens with one attached hydrogen (secondary N) is 1. The van der Waals surface area contributed by atoms with Crippen molar-refractivity contribution in [3.8, 4) is 17.2 Å².